The number of rotatable bonds is 6. The van der Waals surface area contributed by atoms with Gasteiger partial charge in [-0.1, -0.05) is 20.3 Å². The van der Waals surface area contributed by atoms with Crippen LogP contribution in [-0.4, -0.2) is 43.2 Å². The van der Waals surface area contributed by atoms with Gasteiger partial charge in [0.15, 0.2) is 0 Å². The van der Waals surface area contributed by atoms with Crippen LogP contribution in [-0.2, 0) is 9.53 Å². The molecule has 3 atom stereocenters. The highest BCUT2D eigenvalue weighted by Gasteiger charge is 2.30. The molecule has 0 saturated carbocycles. The maximum atomic E-state index is 12.1. The molecule has 0 aromatic carbocycles. The van der Waals surface area contributed by atoms with E-state index in [1.807, 2.05) is 18.7 Å². The van der Waals surface area contributed by atoms with Crippen LogP contribution in [0.4, 0.5) is 0 Å². The Labute approximate surface area is 104 Å². The standard InChI is InChI=1S/C13H26N2O2/c1-4-10(3)12(14)13(16)15-7-6-11(8-15)9-17-5-2/h10-12H,4-9,14H2,1-3H3. The Morgan fingerprint density at radius 2 is 2.24 bits per heavy atom. The minimum Gasteiger partial charge on any atom is -0.381 e. The van der Waals surface area contributed by atoms with E-state index in [9.17, 15) is 4.79 Å². The highest BCUT2D eigenvalue weighted by atomic mass is 16.5. The van der Waals surface area contributed by atoms with E-state index in [1.54, 1.807) is 0 Å². The summed E-state index contributed by atoms with van der Waals surface area (Å²) in [7, 11) is 0. The summed E-state index contributed by atoms with van der Waals surface area (Å²) in [6.45, 7) is 9.26. The minimum atomic E-state index is -0.342. The van der Waals surface area contributed by atoms with Crippen molar-refractivity contribution in [3.8, 4) is 0 Å². The maximum absolute atomic E-state index is 12.1. The molecule has 4 heteroatoms. The van der Waals surface area contributed by atoms with E-state index in [2.05, 4.69) is 6.92 Å². The summed E-state index contributed by atoms with van der Waals surface area (Å²) in [6, 6.07) is -0.342. The molecule has 4 nitrogen and oxygen atoms in total. The Bertz CT molecular complexity index is 246. The van der Waals surface area contributed by atoms with Crippen LogP contribution in [0.5, 0.6) is 0 Å². The number of nitrogens with two attached hydrogens (primary N) is 1. The lowest BCUT2D eigenvalue weighted by molar-refractivity contribution is -0.132. The Balaban J connectivity index is 2.39. The zero-order chi connectivity index (χ0) is 12.8. The van der Waals surface area contributed by atoms with Crippen molar-refractivity contribution in [2.45, 2.75) is 39.7 Å². The fraction of sp³-hybridized carbons (Fsp3) is 0.923. The number of carbonyl (C=O) groups excluding carboxylic acids is 1. The number of carbonyl (C=O) groups is 1. The molecule has 1 aliphatic heterocycles. The van der Waals surface area contributed by atoms with E-state index in [4.69, 9.17) is 10.5 Å². The molecule has 1 aliphatic rings. The van der Waals surface area contributed by atoms with E-state index in [0.29, 0.717) is 5.92 Å². The van der Waals surface area contributed by atoms with E-state index >= 15 is 0 Å². The Hall–Kier alpha value is -0.610. The van der Waals surface area contributed by atoms with E-state index < -0.39 is 0 Å². The minimum absolute atomic E-state index is 0.110. The highest BCUT2D eigenvalue weighted by Crippen LogP contribution is 2.19. The van der Waals surface area contributed by atoms with Crippen molar-refractivity contribution < 1.29 is 9.53 Å². The molecule has 0 radical (unpaired) electrons. The van der Waals surface area contributed by atoms with Gasteiger partial charge in [-0.2, -0.15) is 0 Å². The molecule has 1 fully saturated rings. The van der Waals surface area contributed by atoms with Crippen LogP contribution in [0.1, 0.15) is 33.6 Å². The number of likely N-dealkylation sites (tertiary alicyclic amines) is 1. The molecule has 0 spiro atoms. The first-order valence-electron chi connectivity index (χ1n) is 6.72. The quantitative estimate of drug-likeness (QED) is 0.762. The summed E-state index contributed by atoms with van der Waals surface area (Å²) in [4.78, 5) is 14.0. The SMILES string of the molecule is CCOCC1CCN(C(=O)C(N)C(C)CC)C1. The average Bonchev–Trinajstić information content (AvgIpc) is 2.82. The molecule has 3 unspecified atom stereocenters. The lowest BCUT2D eigenvalue weighted by atomic mass is 9.99. The van der Waals surface area contributed by atoms with Gasteiger partial charge in [0.05, 0.1) is 12.6 Å². The van der Waals surface area contributed by atoms with Crippen LogP contribution in [0, 0.1) is 11.8 Å². The summed E-state index contributed by atoms with van der Waals surface area (Å²) >= 11 is 0. The summed E-state index contributed by atoms with van der Waals surface area (Å²) < 4.78 is 5.41. The summed E-state index contributed by atoms with van der Waals surface area (Å²) in [5.74, 6) is 0.856. The first-order valence-corrected chi connectivity index (χ1v) is 6.72. The topological polar surface area (TPSA) is 55.6 Å². The van der Waals surface area contributed by atoms with Crippen LogP contribution in [0.3, 0.4) is 0 Å². The predicted octanol–water partition coefficient (Wildman–Crippen LogP) is 1.24. The van der Waals surface area contributed by atoms with Crippen LogP contribution in [0.25, 0.3) is 0 Å². The van der Waals surface area contributed by atoms with Gasteiger partial charge in [0.2, 0.25) is 5.91 Å². The molecule has 0 aliphatic carbocycles. The molecular formula is C13H26N2O2. The van der Waals surface area contributed by atoms with Crippen molar-refractivity contribution in [2.75, 3.05) is 26.3 Å². The van der Waals surface area contributed by atoms with Crippen molar-refractivity contribution in [3.05, 3.63) is 0 Å². The average molecular weight is 242 g/mol. The first-order chi connectivity index (χ1) is 8.10. The highest BCUT2D eigenvalue weighted by molar-refractivity contribution is 5.82. The van der Waals surface area contributed by atoms with Gasteiger partial charge in [-0.05, 0) is 19.3 Å². The fourth-order valence-electron chi connectivity index (χ4n) is 2.16. The molecule has 1 saturated heterocycles. The maximum Gasteiger partial charge on any atom is 0.239 e. The molecular weight excluding hydrogens is 216 g/mol. The Morgan fingerprint density at radius 1 is 1.53 bits per heavy atom. The largest absolute Gasteiger partial charge is 0.381 e. The van der Waals surface area contributed by atoms with Gasteiger partial charge >= 0.3 is 0 Å². The third-order valence-electron chi connectivity index (χ3n) is 3.70. The van der Waals surface area contributed by atoms with Crippen molar-refractivity contribution in [1.29, 1.82) is 0 Å². The molecule has 1 rings (SSSR count). The van der Waals surface area contributed by atoms with Gasteiger partial charge < -0.3 is 15.4 Å². The van der Waals surface area contributed by atoms with Crippen LogP contribution >= 0.6 is 0 Å². The van der Waals surface area contributed by atoms with Crippen LogP contribution in [0.15, 0.2) is 0 Å². The molecule has 2 N–H and O–H groups in total. The zero-order valence-corrected chi connectivity index (χ0v) is 11.3. The van der Waals surface area contributed by atoms with E-state index in [1.165, 1.54) is 0 Å². The van der Waals surface area contributed by atoms with Crippen LogP contribution < -0.4 is 5.73 Å². The first kappa shape index (κ1) is 14.5. The van der Waals surface area contributed by atoms with Gasteiger partial charge in [-0.15, -0.1) is 0 Å². The molecule has 0 aromatic heterocycles. The number of ether oxygens (including phenoxy) is 1. The third kappa shape index (κ3) is 3.96. The number of hydrogen-bond acceptors (Lipinski definition) is 3. The molecule has 100 valence electrons. The van der Waals surface area contributed by atoms with E-state index in [-0.39, 0.29) is 17.9 Å². The normalized spacial score (nSPS) is 23.8. The van der Waals surface area contributed by atoms with Gasteiger partial charge in [-0.3, -0.25) is 4.79 Å². The second-order valence-corrected chi connectivity index (χ2v) is 5.01. The third-order valence-corrected chi connectivity index (χ3v) is 3.70. The summed E-state index contributed by atoms with van der Waals surface area (Å²) in [5.41, 5.74) is 5.97. The molecule has 0 bridgehead atoms. The monoisotopic (exact) mass is 242 g/mol. The van der Waals surface area contributed by atoms with Crippen molar-refractivity contribution in [3.63, 3.8) is 0 Å². The van der Waals surface area contributed by atoms with Crippen LogP contribution in [0.2, 0.25) is 0 Å². The molecule has 1 amide bonds. The predicted molar refractivity (Wildman–Crippen MR) is 68.6 cm³/mol. The summed E-state index contributed by atoms with van der Waals surface area (Å²) in [5, 5.41) is 0. The molecule has 0 aromatic rings. The van der Waals surface area contributed by atoms with Gasteiger partial charge in [-0.25, -0.2) is 0 Å². The number of nitrogens with zero attached hydrogens (tertiary/aromatic N) is 1. The van der Waals surface area contributed by atoms with Crippen molar-refractivity contribution >= 4 is 5.91 Å². The smallest absolute Gasteiger partial charge is 0.239 e. The van der Waals surface area contributed by atoms with Crippen molar-refractivity contribution in [1.82, 2.24) is 4.90 Å². The van der Waals surface area contributed by atoms with Gasteiger partial charge in [0.1, 0.15) is 0 Å². The van der Waals surface area contributed by atoms with Crippen molar-refractivity contribution in [2.24, 2.45) is 17.6 Å². The second-order valence-electron chi connectivity index (χ2n) is 5.01. The Morgan fingerprint density at radius 3 is 2.82 bits per heavy atom. The van der Waals surface area contributed by atoms with E-state index in [0.717, 1.165) is 39.1 Å². The fourth-order valence-corrected chi connectivity index (χ4v) is 2.16. The van der Waals surface area contributed by atoms with Gasteiger partial charge in [0.25, 0.3) is 0 Å². The van der Waals surface area contributed by atoms with Gasteiger partial charge in [0, 0.05) is 25.6 Å². The Kier molecular flexibility index (Phi) is 5.92. The number of amides is 1. The lowest BCUT2D eigenvalue weighted by Crippen LogP contribution is -2.46. The molecule has 17 heavy (non-hydrogen) atoms. The number of hydrogen-bond donors (Lipinski definition) is 1. The lowest BCUT2D eigenvalue weighted by Gasteiger charge is -2.24. The summed E-state index contributed by atoms with van der Waals surface area (Å²) in [6.07, 6.45) is 1.99. The molecule has 1 heterocycles. The zero-order valence-electron chi connectivity index (χ0n) is 11.3. The second kappa shape index (κ2) is 6.97.